The van der Waals surface area contributed by atoms with Gasteiger partial charge >= 0.3 is 0 Å². The summed E-state index contributed by atoms with van der Waals surface area (Å²) in [6.07, 6.45) is 2.23. The van der Waals surface area contributed by atoms with Crippen LogP contribution in [0.5, 0.6) is 5.75 Å². The molecule has 0 unspecified atom stereocenters. The highest BCUT2D eigenvalue weighted by molar-refractivity contribution is 5.95. The largest absolute Gasteiger partial charge is 0.492 e. The van der Waals surface area contributed by atoms with Crippen molar-refractivity contribution >= 4 is 18.2 Å². The highest BCUT2D eigenvalue weighted by Crippen LogP contribution is 2.16. The Labute approximate surface area is 161 Å². The number of likely N-dealkylation sites (tertiary alicyclic amines) is 1. The molecule has 4 N–H and O–H groups in total. The van der Waals surface area contributed by atoms with E-state index in [0.29, 0.717) is 50.4 Å². The lowest BCUT2D eigenvalue weighted by molar-refractivity contribution is -0.129. The molecule has 8 nitrogen and oxygen atoms in total. The summed E-state index contributed by atoms with van der Waals surface area (Å²) in [6, 6.07) is 6.98. The number of nitrogens with two attached hydrogens (primary N) is 1. The average molecular weight is 377 g/mol. The monoisotopic (exact) mass is 377 g/mol. The fourth-order valence-electron chi connectivity index (χ4n) is 2.51. The number of rotatable bonds is 7. The number of piperidine rings is 1. The van der Waals surface area contributed by atoms with Gasteiger partial charge in [-0.25, -0.2) is 0 Å². The molecule has 1 aromatic carbocycles. The van der Waals surface area contributed by atoms with E-state index in [4.69, 9.17) is 15.9 Å². The van der Waals surface area contributed by atoms with Gasteiger partial charge in [-0.15, -0.1) is 0 Å². The Kier molecular flexibility index (Phi) is 9.89. The van der Waals surface area contributed by atoms with Gasteiger partial charge in [-0.05, 0) is 46.1 Å². The van der Waals surface area contributed by atoms with E-state index in [2.05, 4.69) is 5.32 Å². The van der Waals surface area contributed by atoms with Crippen LogP contribution in [0.15, 0.2) is 24.3 Å². The molecular weight excluding hydrogens is 346 g/mol. The van der Waals surface area contributed by atoms with Gasteiger partial charge in [0.25, 0.3) is 0 Å². The molecule has 0 aromatic heterocycles. The molecule has 1 saturated heterocycles. The third-order valence-corrected chi connectivity index (χ3v) is 3.86. The van der Waals surface area contributed by atoms with Crippen molar-refractivity contribution in [1.82, 2.24) is 15.1 Å². The van der Waals surface area contributed by atoms with Crippen molar-refractivity contribution in [3.05, 3.63) is 29.8 Å². The van der Waals surface area contributed by atoms with Crippen LogP contribution in [0, 0.1) is 11.3 Å². The molecule has 0 aliphatic carbocycles. The quantitative estimate of drug-likeness (QED) is 0.277. The molecule has 8 heteroatoms. The highest BCUT2D eigenvalue weighted by Gasteiger charge is 2.23. The molecule has 0 spiro atoms. The Morgan fingerprint density at radius 2 is 2.00 bits per heavy atom. The van der Waals surface area contributed by atoms with Crippen molar-refractivity contribution < 1.29 is 14.3 Å². The Morgan fingerprint density at radius 1 is 1.37 bits per heavy atom. The standard InChI is InChI=1S/C16H22N4O3.C3H9N/c17-15(18)13-2-1-3-14(10-13)23-9-6-19-16(22)12-4-7-20(11-21)8-5-12;1-4(2)3/h1-3,10-12H,4-9H2,(H3,17,18)(H,19,22);1-3H3. The Hall–Kier alpha value is -2.61. The van der Waals surface area contributed by atoms with E-state index in [9.17, 15) is 9.59 Å². The van der Waals surface area contributed by atoms with E-state index in [0.717, 1.165) is 6.41 Å². The first-order chi connectivity index (χ1) is 12.8. The number of benzene rings is 1. The second-order valence-corrected chi connectivity index (χ2v) is 6.84. The summed E-state index contributed by atoms with van der Waals surface area (Å²) in [4.78, 5) is 26.4. The molecule has 0 atom stereocenters. The third kappa shape index (κ3) is 9.05. The van der Waals surface area contributed by atoms with Gasteiger partial charge in [0.15, 0.2) is 0 Å². The topological polar surface area (TPSA) is 112 Å². The Bertz CT molecular complexity index is 610. The predicted octanol–water partition coefficient (Wildman–Crippen LogP) is 0.512. The summed E-state index contributed by atoms with van der Waals surface area (Å²) in [7, 11) is 6.00. The van der Waals surface area contributed by atoms with E-state index in [1.165, 1.54) is 0 Å². The Morgan fingerprint density at radius 3 is 2.56 bits per heavy atom. The molecule has 27 heavy (non-hydrogen) atoms. The maximum atomic E-state index is 12.0. The van der Waals surface area contributed by atoms with Crippen molar-refractivity contribution in [2.75, 3.05) is 47.4 Å². The second kappa shape index (κ2) is 11.9. The lowest BCUT2D eigenvalue weighted by atomic mass is 9.96. The van der Waals surface area contributed by atoms with Gasteiger partial charge in [-0.3, -0.25) is 15.0 Å². The van der Waals surface area contributed by atoms with Crippen molar-refractivity contribution in [3.8, 4) is 5.75 Å². The molecule has 150 valence electrons. The van der Waals surface area contributed by atoms with E-state index < -0.39 is 0 Å². The van der Waals surface area contributed by atoms with Gasteiger partial charge < -0.3 is 25.6 Å². The minimum Gasteiger partial charge on any atom is -0.492 e. The third-order valence-electron chi connectivity index (χ3n) is 3.86. The summed E-state index contributed by atoms with van der Waals surface area (Å²) >= 11 is 0. The van der Waals surface area contributed by atoms with Crippen LogP contribution >= 0.6 is 0 Å². The van der Waals surface area contributed by atoms with E-state index >= 15 is 0 Å². The molecule has 2 rings (SSSR count). The maximum Gasteiger partial charge on any atom is 0.223 e. The first-order valence-electron chi connectivity index (χ1n) is 8.98. The molecular formula is C19H31N5O3. The zero-order chi connectivity index (χ0) is 20.2. The number of amidine groups is 1. The molecule has 0 radical (unpaired) electrons. The summed E-state index contributed by atoms with van der Waals surface area (Å²) < 4.78 is 5.55. The second-order valence-electron chi connectivity index (χ2n) is 6.84. The number of nitrogen functional groups attached to an aromatic ring is 1. The van der Waals surface area contributed by atoms with Gasteiger partial charge in [0.2, 0.25) is 12.3 Å². The van der Waals surface area contributed by atoms with Crippen molar-refractivity contribution in [2.24, 2.45) is 11.7 Å². The smallest absolute Gasteiger partial charge is 0.223 e. The van der Waals surface area contributed by atoms with Crippen molar-refractivity contribution in [2.45, 2.75) is 12.8 Å². The summed E-state index contributed by atoms with van der Waals surface area (Å²) in [6.45, 7) is 2.03. The van der Waals surface area contributed by atoms with Crippen molar-refractivity contribution in [3.63, 3.8) is 0 Å². The van der Waals surface area contributed by atoms with E-state index in [1.807, 2.05) is 26.0 Å². The number of ether oxygens (including phenoxy) is 1. The zero-order valence-electron chi connectivity index (χ0n) is 16.4. The molecule has 1 aliphatic heterocycles. The van der Waals surface area contributed by atoms with Gasteiger partial charge in [0.1, 0.15) is 18.2 Å². The van der Waals surface area contributed by atoms with Gasteiger partial charge in [-0.2, -0.15) is 0 Å². The minimum absolute atomic E-state index is 0.00887. The molecule has 1 heterocycles. The summed E-state index contributed by atoms with van der Waals surface area (Å²) in [5.41, 5.74) is 6.03. The molecule has 1 aliphatic rings. The van der Waals surface area contributed by atoms with Crippen LogP contribution in [0.1, 0.15) is 18.4 Å². The van der Waals surface area contributed by atoms with Crippen LogP contribution in [0.4, 0.5) is 0 Å². The first kappa shape index (κ1) is 22.4. The van der Waals surface area contributed by atoms with Crippen LogP contribution in [0.25, 0.3) is 0 Å². The van der Waals surface area contributed by atoms with E-state index in [-0.39, 0.29) is 17.7 Å². The van der Waals surface area contributed by atoms with Crippen LogP contribution in [-0.4, -0.2) is 75.3 Å². The first-order valence-corrected chi connectivity index (χ1v) is 8.98. The number of carbonyl (C=O) groups is 2. The minimum atomic E-state index is -0.0350. The number of amides is 2. The number of nitrogens with zero attached hydrogens (tertiary/aromatic N) is 2. The average Bonchev–Trinajstić information content (AvgIpc) is 2.65. The van der Waals surface area contributed by atoms with Crippen LogP contribution in [-0.2, 0) is 9.59 Å². The molecule has 1 fully saturated rings. The molecule has 1 aromatic rings. The maximum absolute atomic E-state index is 12.0. The van der Waals surface area contributed by atoms with Gasteiger partial charge in [-0.1, -0.05) is 12.1 Å². The lowest BCUT2D eigenvalue weighted by Gasteiger charge is -2.28. The number of hydrogen-bond donors (Lipinski definition) is 3. The van der Waals surface area contributed by atoms with Crippen LogP contribution in [0.3, 0.4) is 0 Å². The molecule has 2 amide bonds. The highest BCUT2D eigenvalue weighted by atomic mass is 16.5. The summed E-state index contributed by atoms with van der Waals surface area (Å²) in [5, 5.41) is 10.2. The molecule has 0 bridgehead atoms. The summed E-state index contributed by atoms with van der Waals surface area (Å²) in [5.74, 6) is 0.584. The SMILES string of the molecule is CN(C)C.N=C(N)c1cccc(OCCNC(=O)C2CCN(C=O)CC2)c1. The van der Waals surface area contributed by atoms with Crippen LogP contribution < -0.4 is 15.8 Å². The van der Waals surface area contributed by atoms with E-state index in [1.54, 1.807) is 29.2 Å². The Balaban J connectivity index is 0.000000828. The number of hydrogen-bond acceptors (Lipinski definition) is 5. The normalized spacial score (nSPS) is 14.1. The number of carbonyl (C=O) groups excluding carboxylic acids is 2. The van der Waals surface area contributed by atoms with Crippen molar-refractivity contribution in [1.29, 1.82) is 5.41 Å². The van der Waals surface area contributed by atoms with Gasteiger partial charge in [0.05, 0.1) is 6.54 Å². The van der Waals surface area contributed by atoms with Gasteiger partial charge in [0, 0.05) is 24.6 Å². The predicted molar refractivity (Wildman–Crippen MR) is 106 cm³/mol. The zero-order valence-corrected chi connectivity index (χ0v) is 16.4. The van der Waals surface area contributed by atoms with Crippen LogP contribution in [0.2, 0.25) is 0 Å². The number of nitrogens with one attached hydrogen (secondary N) is 2. The fourth-order valence-corrected chi connectivity index (χ4v) is 2.51. The molecule has 0 saturated carbocycles. The lowest BCUT2D eigenvalue weighted by Crippen LogP contribution is -2.40. The fraction of sp³-hybridized carbons (Fsp3) is 0.526.